The normalized spacial score (nSPS) is 10.2. The van der Waals surface area contributed by atoms with Crippen LogP contribution in [0.25, 0.3) is 0 Å². The minimum atomic E-state index is -0.649. The zero-order chi connectivity index (χ0) is 21.5. The lowest BCUT2D eigenvalue weighted by atomic mass is 10.1. The molecule has 7 heteroatoms. The summed E-state index contributed by atoms with van der Waals surface area (Å²) in [7, 11) is 0. The van der Waals surface area contributed by atoms with Crippen molar-refractivity contribution in [1.29, 1.82) is 0 Å². The maximum absolute atomic E-state index is 12.7. The lowest BCUT2D eigenvalue weighted by Crippen LogP contribution is -2.23. The van der Waals surface area contributed by atoms with Crippen LogP contribution in [0.4, 0.5) is 11.4 Å². The highest BCUT2D eigenvalue weighted by molar-refractivity contribution is 6.10. The highest BCUT2D eigenvalue weighted by Crippen LogP contribution is 2.19. The lowest BCUT2D eigenvalue weighted by molar-refractivity contribution is -0.118. The predicted molar refractivity (Wildman–Crippen MR) is 115 cm³/mol. The first kappa shape index (κ1) is 20.6. The summed E-state index contributed by atoms with van der Waals surface area (Å²) >= 11 is 0. The second kappa shape index (κ2) is 9.38. The first-order valence-electron chi connectivity index (χ1n) is 9.22. The number of primary amides is 1. The molecule has 0 atom stereocenters. The maximum Gasteiger partial charge on any atom is 0.262 e. The van der Waals surface area contributed by atoms with Crippen LogP contribution in [0.1, 0.15) is 26.3 Å². The van der Waals surface area contributed by atoms with Gasteiger partial charge in [-0.2, -0.15) is 0 Å². The molecule has 0 radical (unpaired) electrons. The molecule has 7 nitrogen and oxygen atoms in total. The number of aryl methyl sites for hydroxylation is 1. The quantitative estimate of drug-likeness (QED) is 0.562. The van der Waals surface area contributed by atoms with Crippen molar-refractivity contribution < 1.29 is 19.1 Å². The molecule has 152 valence electrons. The van der Waals surface area contributed by atoms with Crippen molar-refractivity contribution in [2.24, 2.45) is 5.73 Å². The van der Waals surface area contributed by atoms with E-state index in [0.29, 0.717) is 16.9 Å². The number of hydrogen-bond donors (Lipinski definition) is 3. The molecule has 0 fully saturated rings. The van der Waals surface area contributed by atoms with Gasteiger partial charge in [0, 0.05) is 5.69 Å². The predicted octanol–water partition coefficient (Wildman–Crippen LogP) is 3.36. The Bertz CT molecular complexity index is 1100. The standard InChI is InChI=1S/C23H21N3O4/c1-15-7-6-8-16(13-15)25-23(29)17-9-2-4-11-19(17)26-21(27)14-30-20-12-5-3-10-18(20)22(24)28/h2-13H,14H2,1H3,(H2,24,28)(H,25,29)(H,26,27). The fourth-order valence-electron chi connectivity index (χ4n) is 2.84. The van der Waals surface area contributed by atoms with Crippen LogP contribution < -0.4 is 21.1 Å². The van der Waals surface area contributed by atoms with Crippen LogP contribution in [0.2, 0.25) is 0 Å². The Balaban J connectivity index is 1.68. The number of amides is 3. The molecular weight excluding hydrogens is 382 g/mol. The summed E-state index contributed by atoms with van der Waals surface area (Å²) in [6.07, 6.45) is 0. The molecule has 0 bridgehead atoms. The van der Waals surface area contributed by atoms with E-state index in [4.69, 9.17) is 10.5 Å². The van der Waals surface area contributed by atoms with E-state index in [1.54, 1.807) is 48.5 Å². The zero-order valence-electron chi connectivity index (χ0n) is 16.3. The van der Waals surface area contributed by atoms with Crippen LogP contribution in [0.3, 0.4) is 0 Å². The first-order valence-corrected chi connectivity index (χ1v) is 9.22. The topological polar surface area (TPSA) is 111 Å². The minimum absolute atomic E-state index is 0.184. The third-order valence-corrected chi connectivity index (χ3v) is 4.23. The van der Waals surface area contributed by atoms with Crippen molar-refractivity contribution in [1.82, 2.24) is 0 Å². The number of anilines is 2. The molecule has 3 aromatic carbocycles. The molecule has 0 unspecified atom stereocenters. The molecule has 0 aliphatic rings. The monoisotopic (exact) mass is 403 g/mol. The Labute approximate surface area is 173 Å². The molecule has 0 aliphatic heterocycles. The van der Waals surface area contributed by atoms with Crippen LogP contribution in [0.15, 0.2) is 72.8 Å². The summed E-state index contributed by atoms with van der Waals surface area (Å²) < 4.78 is 5.43. The van der Waals surface area contributed by atoms with Gasteiger partial charge in [-0.15, -0.1) is 0 Å². The molecule has 3 rings (SSSR count). The fourth-order valence-corrected chi connectivity index (χ4v) is 2.84. The van der Waals surface area contributed by atoms with Crippen molar-refractivity contribution in [2.75, 3.05) is 17.2 Å². The molecule has 0 saturated heterocycles. The van der Waals surface area contributed by atoms with E-state index in [0.717, 1.165) is 5.56 Å². The minimum Gasteiger partial charge on any atom is -0.483 e. The Morgan fingerprint density at radius 2 is 1.57 bits per heavy atom. The number of nitrogens with two attached hydrogens (primary N) is 1. The number of carbonyl (C=O) groups excluding carboxylic acids is 3. The van der Waals surface area contributed by atoms with E-state index in [1.165, 1.54) is 6.07 Å². The second-order valence-electron chi connectivity index (χ2n) is 6.57. The number of ether oxygens (including phenoxy) is 1. The van der Waals surface area contributed by atoms with Crippen molar-refractivity contribution >= 4 is 29.1 Å². The summed E-state index contributed by atoms with van der Waals surface area (Å²) in [5, 5.41) is 5.48. The van der Waals surface area contributed by atoms with Crippen LogP contribution in [-0.2, 0) is 4.79 Å². The van der Waals surface area contributed by atoms with E-state index in [2.05, 4.69) is 10.6 Å². The molecule has 3 amide bonds. The molecule has 0 aromatic heterocycles. The summed E-state index contributed by atoms with van der Waals surface area (Å²) in [5.74, 6) is -1.27. The molecule has 30 heavy (non-hydrogen) atoms. The Morgan fingerprint density at radius 3 is 2.30 bits per heavy atom. The fraction of sp³-hybridized carbons (Fsp3) is 0.0870. The van der Waals surface area contributed by atoms with Crippen molar-refractivity contribution in [2.45, 2.75) is 6.92 Å². The van der Waals surface area contributed by atoms with Gasteiger partial charge in [0.25, 0.3) is 17.7 Å². The van der Waals surface area contributed by atoms with Gasteiger partial charge in [0.15, 0.2) is 6.61 Å². The van der Waals surface area contributed by atoms with Crippen LogP contribution in [0, 0.1) is 6.92 Å². The number of benzene rings is 3. The van der Waals surface area contributed by atoms with Crippen LogP contribution in [0.5, 0.6) is 5.75 Å². The molecule has 3 aromatic rings. The largest absolute Gasteiger partial charge is 0.483 e. The number of nitrogens with one attached hydrogen (secondary N) is 2. The molecule has 0 saturated carbocycles. The highest BCUT2D eigenvalue weighted by atomic mass is 16.5. The molecule has 4 N–H and O–H groups in total. The zero-order valence-corrected chi connectivity index (χ0v) is 16.3. The lowest BCUT2D eigenvalue weighted by Gasteiger charge is -2.13. The Kier molecular flexibility index (Phi) is 6.44. The van der Waals surface area contributed by atoms with Gasteiger partial charge in [-0.05, 0) is 48.9 Å². The van der Waals surface area contributed by atoms with Gasteiger partial charge in [0.05, 0.1) is 16.8 Å². The third-order valence-electron chi connectivity index (χ3n) is 4.23. The second-order valence-corrected chi connectivity index (χ2v) is 6.57. The van der Waals surface area contributed by atoms with Gasteiger partial charge in [0.1, 0.15) is 5.75 Å². The number of para-hydroxylation sites is 2. The highest BCUT2D eigenvalue weighted by Gasteiger charge is 2.15. The van der Waals surface area contributed by atoms with E-state index in [-0.39, 0.29) is 23.8 Å². The Hall–Kier alpha value is -4.13. The van der Waals surface area contributed by atoms with Crippen LogP contribution >= 0.6 is 0 Å². The average Bonchev–Trinajstić information content (AvgIpc) is 2.72. The molecular formula is C23H21N3O4. The maximum atomic E-state index is 12.7. The SMILES string of the molecule is Cc1cccc(NC(=O)c2ccccc2NC(=O)COc2ccccc2C(N)=O)c1. The average molecular weight is 403 g/mol. The van der Waals surface area contributed by atoms with Gasteiger partial charge in [-0.1, -0.05) is 36.4 Å². The van der Waals surface area contributed by atoms with Crippen molar-refractivity contribution in [3.05, 3.63) is 89.5 Å². The summed E-state index contributed by atoms with van der Waals surface area (Å²) in [5.41, 5.74) is 7.82. The molecule has 0 heterocycles. The van der Waals surface area contributed by atoms with Gasteiger partial charge in [-0.3, -0.25) is 14.4 Å². The number of rotatable bonds is 7. The van der Waals surface area contributed by atoms with Gasteiger partial charge >= 0.3 is 0 Å². The van der Waals surface area contributed by atoms with Crippen molar-refractivity contribution in [3.8, 4) is 5.75 Å². The number of carbonyl (C=O) groups is 3. The summed E-state index contributed by atoms with van der Waals surface area (Å²) in [6.45, 7) is 1.58. The summed E-state index contributed by atoms with van der Waals surface area (Å²) in [6, 6.07) is 20.5. The van der Waals surface area contributed by atoms with Gasteiger partial charge < -0.3 is 21.1 Å². The van der Waals surface area contributed by atoms with E-state index >= 15 is 0 Å². The van der Waals surface area contributed by atoms with E-state index < -0.39 is 11.8 Å². The smallest absolute Gasteiger partial charge is 0.262 e. The van der Waals surface area contributed by atoms with Crippen LogP contribution in [-0.4, -0.2) is 24.3 Å². The third kappa shape index (κ3) is 5.23. The molecule has 0 spiro atoms. The van der Waals surface area contributed by atoms with E-state index in [1.807, 2.05) is 25.1 Å². The number of hydrogen-bond acceptors (Lipinski definition) is 4. The van der Waals surface area contributed by atoms with Crippen molar-refractivity contribution in [3.63, 3.8) is 0 Å². The summed E-state index contributed by atoms with van der Waals surface area (Å²) in [4.78, 5) is 36.5. The van der Waals surface area contributed by atoms with E-state index in [9.17, 15) is 14.4 Å². The molecule has 0 aliphatic carbocycles. The van der Waals surface area contributed by atoms with Gasteiger partial charge in [-0.25, -0.2) is 0 Å². The first-order chi connectivity index (χ1) is 14.4. The Morgan fingerprint density at radius 1 is 0.867 bits per heavy atom. The van der Waals surface area contributed by atoms with Gasteiger partial charge in [0.2, 0.25) is 0 Å².